The number of rotatable bonds is 8. The monoisotopic (exact) mass is 313 g/mol. The van der Waals surface area contributed by atoms with Crippen LogP contribution in [-0.2, 0) is 11.3 Å². The first-order valence-electron chi connectivity index (χ1n) is 7.71. The minimum atomic E-state index is -0.161. The molecule has 0 atom stereocenters. The van der Waals surface area contributed by atoms with Crippen LogP contribution in [0, 0.1) is 6.92 Å². The van der Waals surface area contributed by atoms with Gasteiger partial charge in [0.2, 0.25) is 0 Å². The number of nitrogens with one attached hydrogen (secondary N) is 2. The van der Waals surface area contributed by atoms with Crippen LogP contribution >= 0.6 is 0 Å². The maximum atomic E-state index is 11.9. The van der Waals surface area contributed by atoms with Crippen LogP contribution in [0.4, 0.5) is 5.69 Å². The van der Waals surface area contributed by atoms with Crippen molar-refractivity contribution in [2.75, 3.05) is 25.6 Å². The van der Waals surface area contributed by atoms with E-state index in [1.165, 1.54) is 11.1 Å². The lowest BCUT2D eigenvalue weighted by molar-refractivity contribution is 0.0943. The van der Waals surface area contributed by atoms with E-state index >= 15 is 0 Å². The molecule has 2 N–H and O–H groups in total. The molecule has 1 aromatic carbocycles. The number of anilines is 1. The Morgan fingerprint density at radius 1 is 1.17 bits per heavy atom. The van der Waals surface area contributed by atoms with Crippen molar-refractivity contribution in [3.63, 3.8) is 0 Å². The third-order valence-corrected chi connectivity index (χ3v) is 3.42. The fraction of sp³-hybridized carbons (Fsp3) is 0.333. The summed E-state index contributed by atoms with van der Waals surface area (Å²) in [7, 11) is 1.64. The van der Waals surface area contributed by atoms with E-state index in [1.807, 2.05) is 6.07 Å². The van der Waals surface area contributed by atoms with Crippen molar-refractivity contribution in [1.82, 2.24) is 10.3 Å². The Morgan fingerprint density at radius 2 is 1.96 bits per heavy atom. The Labute approximate surface area is 137 Å². The molecule has 2 aromatic rings. The molecule has 122 valence electrons. The van der Waals surface area contributed by atoms with Gasteiger partial charge in [0.1, 0.15) is 5.69 Å². The zero-order chi connectivity index (χ0) is 16.5. The van der Waals surface area contributed by atoms with Crippen molar-refractivity contribution >= 4 is 11.6 Å². The van der Waals surface area contributed by atoms with Gasteiger partial charge in [-0.2, -0.15) is 0 Å². The number of hydrogen-bond acceptors (Lipinski definition) is 4. The summed E-state index contributed by atoms with van der Waals surface area (Å²) < 4.78 is 4.94. The van der Waals surface area contributed by atoms with Gasteiger partial charge >= 0.3 is 0 Å². The number of ether oxygens (including phenoxy) is 1. The summed E-state index contributed by atoms with van der Waals surface area (Å²) in [6, 6.07) is 12.0. The number of nitrogens with zero attached hydrogens (tertiary/aromatic N) is 1. The van der Waals surface area contributed by atoms with Gasteiger partial charge in [0.15, 0.2) is 0 Å². The maximum absolute atomic E-state index is 11.9. The Morgan fingerprint density at radius 3 is 2.61 bits per heavy atom. The molecule has 5 nitrogen and oxygen atoms in total. The SMILES string of the molecule is COCCCNC(=O)c1ccc(NCc2ccc(C)cc2)cn1. The van der Waals surface area contributed by atoms with Crippen molar-refractivity contribution < 1.29 is 9.53 Å². The van der Waals surface area contributed by atoms with E-state index in [0.717, 1.165) is 18.7 Å². The zero-order valence-corrected chi connectivity index (χ0v) is 13.6. The molecule has 1 amide bonds. The van der Waals surface area contributed by atoms with Crippen LogP contribution in [0.25, 0.3) is 0 Å². The highest BCUT2D eigenvalue weighted by molar-refractivity contribution is 5.92. The fourth-order valence-corrected chi connectivity index (χ4v) is 2.05. The topological polar surface area (TPSA) is 63.2 Å². The second kappa shape index (κ2) is 8.90. The number of hydrogen-bond donors (Lipinski definition) is 2. The van der Waals surface area contributed by atoms with E-state index in [2.05, 4.69) is 46.8 Å². The first kappa shape index (κ1) is 17.0. The first-order chi connectivity index (χ1) is 11.2. The first-order valence-corrected chi connectivity index (χ1v) is 7.71. The molecule has 0 bridgehead atoms. The number of methoxy groups -OCH3 is 1. The lowest BCUT2D eigenvalue weighted by Crippen LogP contribution is -2.26. The molecular formula is C18H23N3O2. The summed E-state index contributed by atoms with van der Waals surface area (Å²) in [5, 5.41) is 6.11. The standard InChI is InChI=1S/C18H23N3O2/c1-14-4-6-15(7-5-14)12-20-16-8-9-17(21-13-16)18(22)19-10-3-11-23-2/h4-9,13,20H,3,10-12H2,1-2H3,(H,19,22). The van der Waals surface area contributed by atoms with Crippen LogP contribution in [0.5, 0.6) is 0 Å². The van der Waals surface area contributed by atoms with Gasteiger partial charge in [0.05, 0.1) is 11.9 Å². The molecule has 0 saturated carbocycles. The van der Waals surface area contributed by atoms with E-state index in [0.29, 0.717) is 18.8 Å². The highest BCUT2D eigenvalue weighted by atomic mass is 16.5. The van der Waals surface area contributed by atoms with Gasteiger partial charge in [-0.15, -0.1) is 0 Å². The van der Waals surface area contributed by atoms with Gasteiger partial charge in [-0.25, -0.2) is 4.98 Å². The lowest BCUT2D eigenvalue weighted by Gasteiger charge is -2.08. The molecule has 0 radical (unpaired) electrons. The van der Waals surface area contributed by atoms with Gasteiger partial charge in [-0.05, 0) is 31.0 Å². The molecule has 0 aliphatic carbocycles. The number of pyridine rings is 1. The lowest BCUT2D eigenvalue weighted by atomic mass is 10.1. The Hall–Kier alpha value is -2.40. The van der Waals surface area contributed by atoms with Crippen molar-refractivity contribution in [3.05, 3.63) is 59.4 Å². The average Bonchev–Trinajstić information content (AvgIpc) is 2.58. The minimum absolute atomic E-state index is 0.161. The quantitative estimate of drug-likeness (QED) is 0.736. The van der Waals surface area contributed by atoms with E-state index in [9.17, 15) is 4.79 Å². The van der Waals surface area contributed by atoms with Crippen LogP contribution in [0.2, 0.25) is 0 Å². The third kappa shape index (κ3) is 5.71. The summed E-state index contributed by atoms with van der Waals surface area (Å²) in [6.07, 6.45) is 2.47. The molecule has 5 heteroatoms. The van der Waals surface area contributed by atoms with Crippen LogP contribution in [-0.4, -0.2) is 31.2 Å². The molecule has 0 aliphatic rings. The summed E-state index contributed by atoms with van der Waals surface area (Å²) in [6.45, 7) is 4.02. The predicted octanol–water partition coefficient (Wildman–Crippen LogP) is 2.77. The normalized spacial score (nSPS) is 10.3. The van der Waals surface area contributed by atoms with Crippen molar-refractivity contribution in [1.29, 1.82) is 0 Å². The molecule has 1 aromatic heterocycles. The molecule has 2 rings (SSSR count). The largest absolute Gasteiger partial charge is 0.385 e. The van der Waals surface area contributed by atoms with E-state index < -0.39 is 0 Å². The number of aromatic nitrogens is 1. The molecule has 1 heterocycles. The number of aryl methyl sites for hydroxylation is 1. The number of benzene rings is 1. The second-order valence-electron chi connectivity index (χ2n) is 5.37. The molecule has 0 unspecified atom stereocenters. The fourth-order valence-electron chi connectivity index (χ4n) is 2.05. The number of carbonyl (C=O) groups excluding carboxylic acids is 1. The Bertz CT molecular complexity index is 609. The van der Waals surface area contributed by atoms with Gasteiger partial charge in [-0.3, -0.25) is 4.79 Å². The number of amides is 1. The van der Waals surface area contributed by atoms with Gasteiger partial charge in [-0.1, -0.05) is 29.8 Å². The van der Waals surface area contributed by atoms with Crippen LogP contribution in [0.15, 0.2) is 42.6 Å². The van der Waals surface area contributed by atoms with Crippen molar-refractivity contribution in [2.45, 2.75) is 19.9 Å². The van der Waals surface area contributed by atoms with Crippen LogP contribution in [0.3, 0.4) is 0 Å². The highest BCUT2D eigenvalue weighted by Gasteiger charge is 2.06. The predicted molar refractivity (Wildman–Crippen MR) is 91.6 cm³/mol. The molecule has 0 fully saturated rings. The van der Waals surface area contributed by atoms with E-state index in [4.69, 9.17) is 4.74 Å². The third-order valence-electron chi connectivity index (χ3n) is 3.42. The minimum Gasteiger partial charge on any atom is -0.385 e. The second-order valence-corrected chi connectivity index (χ2v) is 5.37. The molecule has 0 aliphatic heterocycles. The molecule has 0 spiro atoms. The highest BCUT2D eigenvalue weighted by Crippen LogP contribution is 2.09. The average molecular weight is 313 g/mol. The summed E-state index contributed by atoms with van der Waals surface area (Å²) in [5.74, 6) is -0.161. The summed E-state index contributed by atoms with van der Waals surface area (Å²) in [5.41, 5.74) is 3.76. The Balaban J connectivity index is 1.81. The van der Waals surface area contributed by atoms with Crippen LogP contribution in [0.1, 0.15) is 28.0 Å². The van der Waals surface area contributed by atoms with Gasteiger partial charge in [0, 0.05) is 26.8 Å². The van der Waals surface area contributed by atoms with E-state index in [1.54, 1.807) is 19.4 Å². The molecule has 23 heavy (non-hydrogen) atoms. The van der Waals surface area contributed by atoms with Crippen molar-refractivity contribution in [3.8, 4) is 0 Å². The Kier molecular flexibility index (Phi) is 6.56. The molecule has 0 saturated heterocycles. The van der Waals surface area contributed by atoms with Crippen molar-refractivity contribution in [2.24, 2.45) is 0 Å². The maximum Gasteiger partial charge on any atom is 0.269 e. The van der Waals surface area contributed by atoms with E-state index in [-0.39, 0.29) is 5.91 Å². The van der Waals surface area contributed by atoms with Crippen LogP contribution < -0.4 is 10.6 Å². The van der Waals surface area contributed by atoms with Gasteiger partial charge < -0.3 is 15.4 Å². The zero-order valence-electron chi connectivity index (χ0n) is 13.6. The summed E-state index contributed by atoms with van der Waals surface area (Å²) in [4.78, 5) is 16.1. The summed E-state index contributed by atoms with van der Waals surface area (Å²) >= 11 is 0. The number of carbonyl (C=O) groups is 1. The molecular weight excluding hydrogens is 290 g/mol. The van der Waals surface area contributed by atoms with Gasteiger partial charge in [0.25, 0.3) is 5.91 Å². The smallest absolute Gasteiger partial charge is 0.269 e.